The maximum Gasteiger partial charge on any atom is 0.0514 e. The molecule has 1 aliphatic carbocycles. The van der Waals surface area contributed by atoms with Crippen LogP contribution in [0.1, 0.15) is 26.2 Å². The first-order valence-electron chi connectivity index (χ1n) is 2.97. The van der Waals surface area contributed by atoms with Gasteiger partial charge in [0, 0.05) is 0 Å². The summed E-state index contributed by atoms with van der Waals surface area (Å²) >= 11 is 0. The van der Waals surface area contributed by atoms with E-state index in [2.05, 4.69) is 0 Å². The van der Waals surface area contributed by atoms with Gasteiger partial charge in [0.05, 0.1) is 6.10 Å². The van der Waals surface area contributed by atoms with Gasteiger partial charge in [0.15, 0.2) is 0 Å². The van der Waals surface area contributed by atoms with Gasteiger partial charge in [-0.05, 0) is 19.3 Å². The van der Waals surface area contributed by atoms with E-state index in [0.717, 1.165) is 12.3 Å². The zero-order chi connectivity index (χ0) is 5.28. The lowest BCUT2D eigenvalue weighted by molar-refractivity contribution is 0.177. The molecule has 0 amide bonds. The Morgan fingerprint density at radius 1 is 1.71 bits per heavy atom. The molecule has 0 aromatic rings. The summed E-state index contributed by atoms with van der Waals surface area (Å²) < 4.78 is 0. The van der Waals surface area contributed by atoms with Crippen LogP contribution in [0.15, 0.2) is 0 Å². The molecular weight excluding hydrogens is 88.1 g/mol. The molecule has 0 aromatic carbocycles. The van der Waals surface area contributed by atoms with Gasteiger partial charge < -0.3 is 5.11 Å². The van der Waals surface area contributed by atoms with Crippen LogP contribution in [0, 0.1) is 5.92 Å². The van der Waals surface area contributed by atoms with E-state index < -0.39 is 0 Å². The minimum atomic E-state index is -0.0625. The Morgan fingerprint density at radius 2 is 2.29 bits per heavy atom. The van der Waals surface area contributed by atoms with E-state index in [0.29, 0.717) is 0 Å². The summed E-state index contributed by atoms with van der Waals surface area (Å²) in [4.78, 5) is 0. The zero-order valence-corrected chi connectivity index (χ0v) is 4.72. The largest absolute Gasteiger partial charge is 0.393 e. The molecular formula is C6H12O. The molecule has 0 heterocycles. The van der Waals surface area contributed by atoms with Gasteiger partial charge in [-0.3, -0.25) is 0 Å². The quantitative estimate of drug-likeness (QED) is 0.552. The number of hydrogen-bond donors (Lipinski definition) is 1. The molecule has 1 fully saturated rings. The van der Waals surface area contributed by atoms with Gasteiger partial charge >= 0.3 is 0 Å². The molecule has 0 aromatic heterocycles. The summed E-state index contributed by atoms with van der Waals surface area (Å²) in [5.41, 5.74) is 0. The molecule has 42 valence electrons. The lowest BCUT2D eigenvalue weighted by Gasteiger charge is -1.97. The van der Waals surface area contributed by atoms with Crippen LogP contribution in [-0.4, -0.2) is 11.2 Å². The van der Waals surface area contributed by atoms with Crippen molar-refractivity contribution in [2.24, 2.45) is 5.92 Å². The predicted molar refractivity (Wildman–Crippen MR) is 29.0 cm³/mol. The fraction of sp³-hybridized carbons (Fsp3) is 1.00. The van der Waals surface area contributed by atoms with Gasteiger partial charge in [-0.2, -0.15) is 0 Å². The van der Waals surface area contributed by atoms with Crippen LogP contribution in [0.3, 0.4) is 0 Å². The van der Waals surface area contributed by atoms with Crippen LogP contribution in [0.5, 0.6) is 0 Å². The highest BCUT2D eigenvalue weighted by molar-refractivity contribution is 4.74. The summed E-state index contributed by atoms with van der Waals surface area (Å²) in [6, 6.07) is 0. The molecule has 0 radical (unpaired) electrons. The standard InChI is InChI=1S/C6H12O/c1-5(7)4-6-2-3-6/h5-7H,2-4H2,1H3. The van der Waals surface area contributed by atoms with Crippen molar-refractivity contribution in [1.29, 1.82) is 0 Å². The van der Waals surface area contributed by atoms with Crippen LogP contribution < -0.4 is 0 Å². The molecule has 1 aliphatic rings. The molecule has 1 nitrogen and oxygen atoms in total. The predicted octanol–water partition coefficient (Wildman–Crippen LogP) is 1.17. The molecule has 1 heteroatoms. The van der Waals surface area contributed by atoms with Crippen LogP contribution in [0.4, 0.5) is 0 Å². The van der Waals surface area contributed by atoms with E-state index in [1.54, 1.807) is 0 Å². The first kappa shape index (κ1) is 5.10. The average Bonchev–Trinajstić information content (AvgIpc) is 2.17. The molecule has 1 rings (SSSR count). The van der Waals surface area contributed by atoms with Crippen LogP contribution in [0.2, 0.25) is 0 Å². The van der Waals surface area contributed by atoms with Crippen molar-refractivity contribution in [1.82, 2.24) is 0 Å². The number of aliphatic hydroxyl groups excluding tert-OH is 1. The Morgan fingerprint density at radius 3 is 2.43 bits per heavy atom. The third-order valence-electron chi connectivity index (χ3n) is 1.37. The first-order valence-corrected chi connectivity index (χ1v) is 2.97. The van der Waals surface area contributed by atoms with Gasteiger partial charge in [0.25, 0.3) is 0 Å². The smallest absolute Gasteiger partial charge is 0.0514 e. The van der Waals surface area contributed by atoms with E-state index in [9.17, 15) is 0 Å². The van der Waals surface area contributed by atoms with Crippen molar-refractivity contribution in [2.75, 3.05) is 0 Å². The maximum atomic E-state index is 8.76. The molecule has 0 saturated heterocycles. The van der Waals surface area contributed by atoms with Crippen molar-refractivity contribution in [3.05, 3.63) is 0 Å². The van der Waals surface area contributed by atoms with Crippen LogP contribution in [-0.2, 0) is 0 Å². The number of aliphatic hydroxyl groups is 1. The summed E-state index contributed by atoms with van der Waals surface area (Å²) in [6.45, 7) is 1.86. The summed E-state index contributed by atoms with van der Waals surface area (Å²) in [6.07, 6.45) is 3.67. The summed E-state index contributed by atoms with van der Waals surface area (Å²) in [5, 5.41) is 8.76. The van der Waals surface area contributed by atoms with Crippen LogP contribution in [0.25, 0.3) is 0 Å². The van der Waals surface area contributed by atoms with Gasteiger partial charge in [0.1, 0.15) is 0 Å². The maximum absolute atomic E-state index is 8.76. The molecule has 0 aliphatic heterocycles. The Labute approximate surface area is 44.4 Å². The van der Waals surface area contributed by atoms with Crippen molar-refractivity contribution in [3.8, 4) is 0 Å². The number of hydrogen-bond acceptors (Lipinski definition) is 1. The first-order chi connectivity index (χ1) is 3.29. The van der Waals surface area contributed by atoms with Crippen molar-refractivity contribution < 1.29 is 5.11 Å². The second-order valence-electron chi connectivity index (χ2n) is 2.53. The molecule has 1 N–H and O–H groups in total. The summed E-state index contributed by atoms with van der Waals surface area (Å²) in [5.74, 6) is 0.875. The van der Waals surface area contributed by atoms with Crippen molar-refractivity contribution in [3.63, 3.8) is 0 Å². The fourth-order valence-electron chi connectivity index (χ4n) is 0.836. The minimum absolute atomic E-state index is 0.0625. The second-order valence-corrected chi connectivity index (χ2v) is 2.53. The zero-order valence-electron chi connectivity index (χ0n) is 4.72. The molecule has 7 heavy (non-hydrogen) atoms. The van der Waals surface area contributed by atoms with Crippen molar-refractivity contribution in [2.45, 2.75) is 32.3 Å². The lowest BCUT2D eigenvalue weighted by atomic mass is 10.2. The molecule has 1 saturated carbocycles. The number of rotatable bonds is 2. The highest BCUT2D eigenvalue weighted by atomic mass is 16.3. The Kier molecular flexibility index (Phi) is 1.33. The molecule has 0 bridgehead atoms. The Balaban J connectivity index is 1.97. The third-order valence-corrected chi connectivity index (χ3v) is 1.37. The monoisotopic (exact) mass is 100 g/mol. The van der Waals surface area contributed by atoms with E-state index in [1.807, 2.05) is 6.92 Å². The van der Waals surface area contributed by atoms with Gasteiger partial charge in [-0.1, -0.05) is 12.8 Å². The van der Waals surface area contributed by atoms with E-state index in [-0.39, 0.29) is 6.10 Å². The molecule has 1 atom stereocenters. The molecule has 1 unspecified atom stereocenters. The Hall–Kier alpha value is -0.0400. The Bertz CT molecular complexity index is 55.2. The SMILES string of the molecule is CC(O)CC1CC1. The van der Waals surface area contributed by atoms with E-state index in [4.69, 9.17) is 5.11 Å². The van der Waals surface area contributed by atoms with E-state index in [1.165, 1.54) is 12.8 Å². The van der Waals surface area contributed by atoms with Gasteiger partial charge in [0.2, 0.25) is 0 Å². The highest BCUT2D eigenvalue weighted by Crippen LogP contribution is 2.33. The highest BCUT2D eigenvalue weighted by Gasteiger charge is 2.22. The minimum Gasteiger partial charge on any atom is -0.393 e. The fourth-order valence-corrected chi connectivity index (χ4v) is 0.836. The average molecular weight is 100 g/mol. The topological polar surface area (TPSA) is 20.2 Å². The summed E-state index contributed by atoms with van der Waals surface area (Å²) in [7, 11) is 0. The molecule has 0 spiro atoms. The second kappa shape index (κ2) is 1.83. The lowest BCUT2D eigenvalue weighted by Crippen LogP contribution is -1.98. The van der Waals surface area contributed by atoms with Gasteiger partial charge in [-0.15, -0.1) is 0 Å². The third kappa shape index (κ3) is 1.93. The van der Waals surface area contributed by atoms with E-state index >= 15 is 0 Å². The van der Waals surface area contributed by atoms with Crippen LogP contribution >= 0.6 is 0 Å². The normalized spacial score (nSPS) is 24.9. The van der Waals surface area contributed by atoms with Crippen molar-refractivity contribution >= 4 is 0 Å². The van der Waals surface area contributed by atoms with Gasteiger partial charge in [-0.25, -0.2) is 0 Å².